The van der Waals surface area contributed by atoms with Crippen LogP contribution in [-0.2, 0) is 28.2 Å². The molecule has 0 spiro atoms. The van der Waals surface area contributed by atoms with Crippen LogP contribution in [0.15, 0.2) is 71.3 Å². The molecule has 47 heavy (non-hydrogen) atoms. The number of carboxylic acid groups (broad SMARTS) is 1. The van der Waals surface area contributed by atoms with E-state index in [4.69, 9.17) is 14.6 Å². The van der Waals surface area contributed by atoms with Crippen molar-refractivity contribution < 1.29 is 47.0 Å². The number of aromatic nitrogens is 1. The van der Waals surface area contributed by atoms with E-state index in [0.29, 0.717) is 14.2 Å². The number of ether oxygens (including phenoxy) is 2. The number of halogens is 1. The van der Waals surface area contributed by atoms with Crippen molar-refractivity contribution in [3.63, 3.8) is 0 Å². The van der Waals surface area contributed by atoms with Crippen LogP contribution < -0.4 is 24.9 Å². The Labute approximate surface area is 275 Å². The van der Waals surface area contributed by atoms with Crippen LogP contribution in [0.25, 0.3) is 0 Å². The van der Waals surface area contributed by atoms with Crippen LogP contribution in [0.5, 0.6) is 11.5 Å². The first-order chi connectivity index (χ1) is 22.4. The molecule has 7 amide bonds. The second-order valence-electron chi connectivity index (χ2n) is 9.97. The summed E-state index contributed by atoms with van der Waals surface area (Å²) in [4.78, 5) is 65.9. The van der Waals surface area contributed by atoms with Crippen molar-refractivity contribution in [1.29, 1.82) is 0 Å². The third kappa shape index (κ3) is 7.52. The number of rotatable bonds is 11. The molecule has 3 heterocycles. The smallest absolute Gasteiger partial charge is 0.405 e. The standard InChI is InChI=1S/C28H26BrN7O10S/c29-21-22(30-13-20(45-15-17-7-3-1-4-8-17)23(21)46-16-18-9-5-2-6-10-18)24(37)32-35-11-12-36(28(35)42)47(43,44)33-26(39)34-14-19(25(34)38)31-27(40)41/h1-10,13,19,31H,11-12,14-16H2,(H,32,37)(H,33,39)(H,40,41). The van der Waals surface area contributed by atoms with Gasteiger partial charge in [0.1, 0.15) is 24.9 Å². The predicted molar refractivity (Wildman–Crippen MR) is 164 cm³/mol. The van der Waals surface area contributed by atoms with Crippen molar-refractivity contribution in [3.05, 3.63) is 88.2 Å². The number of hydrogen-bond donors (Lipinski definition) is 4. The Balaban J connectivity index is 1.26. The second kappa shape index (κ2) is 13.9. The van der Waals surface area contributed by atoms with Gasteiger partial charge in [-0.1, -0.05) is 60.7 Å². The Morgan fingerprint density at radius 1 is 0.957 bits per heavy atom. The Morgan fingerprint density at radius 2 is 1.57 bits per heavy atom. The predicted octanol–water partition coefficient (Wildman–Crippen LogP) is 1.82. The normalized spacial score (nSPS) is 15.9. The molecule has 1 atom stereocenters. The topological polar surface area (TPSA) is 217 Å². The molecule has 0 aliphatic carbocycles. The highest BCUT2D eigenvalue weighted by Crippen LogP contribution is 2.38. The summed E-state index contributed by atoms with van der Waals surface area (Å²) in [5, 5.41) is 11.3. The molecule has 246 valence electrons. The number of imide groups is 1. The lowest BCUT2D eigenvalue weighted by Gasteiger charge is -2.36. The maximum absolute atomic E-state index is 13.3. The summed E-state index contributed by atoms with van der Waals surface area (Å²) in [6, 6.07) is 14.8. The third-order valence-electron chi connectivity index (χ3n) is 6.81. The van der Waals surface area contributed by atoms with Crippen LogP contribution >= 0.6 is 15.9 Å². The fourth-order valence-corrected chi connectivity index (χ4v) is 6.08. The number of benzene rings is 2. The number of β-lactam (4-membered cyclic amide) rings is 1. The summed E-state index contributed by atoms with van der Waals surface area (Å²) < 4.78 is 39.5. The number of carbonyl (C=O) groups is 5. The molecule has 1 unspecified atom stereocenters. The summed E-state index contributed by atoms with van der Waals surface area (Å²) in [6.07, 6.45) is -0.208. The number of nitrogens with one attached hydrogen (secondary N) is 3. The molecule has 17 nitrogen and oxygen atoms in total. The largest absolute Gasteiger partial charge is 0.484 e. The fourth-order valence-electron chi connectivity index (χ4n) is 4.42. The van der Waals surface area contributed by atoms with Gasteiger partial charge in [-0.3, -0.25) is 19.9 Å². The van der Waals surface area contributed by atoms with Crippen LogP contribution in [-0.4, -0.2) is 88.4 Å². The zero-order chi connectivity index (χ0) is 33.7. The number of nitrogens with zero attached hydrogens (tertiary/aromatic N) is 4. The van der Waals surface area contributed by atoms with Gasteiger partial charge < -0.3 is 19.9 Å². The average molecular weight is 733 g/mol. The molecule has 0 radical (unpaired) electrons. The zero-order valence-electron chi connectivity index (χ0n) is 24.2. The Morgan fingerprint density at radius 3 is 2.17 bits per heavy atom. The van der Waals surface area contributed by atoms with Crippen molar-refractivity contribution in [2.24, 2.45) is 0 Å². The lowest BCUT2D eigenvalue weighted by atomic mass is 10.1. The van der Waals surface area contributed by atoms with Gasteiger partial charge in [-0.2, -0.15) is 8.42 Å². The molecule has 2 saturated heterocycles. The van der Waals surface area contributed by atoms with Crippen LogP contribution in [0.4, 0.5) is 14.4 Å². The van der Waals surface area contributed by atoms with Crippen LogP contribution in [0.1, 0.15) is 21.6 Å². The minimum Gasteiger partial charge on any atom is -0.484 e. The first-order valence-corrected chi connectivity index (χ1v) is 16.0. The molecule has 0 saturated carbocycles. The van der Waals surface area contributed by atoms with Crippen LogP contribution in [0.2, 0.25) is 0 Å². The molecule has 2 aliphatic heterocycles. The Hall–Kier alpha value is -5.43. The lowest BCUT2D eigenvalue weighted by Crippen LogP contribution is -2.67. The molecule has 1 aromatic heterocycles. The van der Waals surface area contributed by atoms with Gasteiger partial charge in [-0.25, -0.2) is 33.4 Å². The minimum absolute atomic E-state index is 0.106. The molecule has 0 bridgehead atoms. The van der Waals surface area contributed by atoms with Gasteiger partial charge in [0.2, 0.25) is 0 Å². The molecule has 4 N–H and O–H groups in total. The maximum Gasteiger partial charge on any atom is 0.405 e. The van der Waals surface area contributed by atoms with E-state index < -0.39 is 59.3 Å². The molecule has 19 heteroatoms. The summed E-state index contributed by atoms with van der Waals surface area (Å²) in [5.74, 6) is -1.48. The van der Waals surface area contributed by atoms with Crippen LogP contribution in [0.3, 0.4) is 0 Å². The van der Waals surface area contributed by atoms with Gasteiger partial charge in [0.05, 0.1) is 30.3 Å². The highest BCUT2D eigenvalue weighted by Gasteiger charge is 2.45. The monoisotopic (exact) mass is 731 g/mol. The van der Waals surface area contributed by atoms with E-state index in [1.165, 1.54) is 6.20 Å². The molecular formula is C28H26BrN7O10S. The first kappa shape index (κ1) is 32.9. The first-order valence-electron chi connectivity index (χ1n) is 13.7. The number of amides is 7. The number of likely N-dealkylation sites (tertiary alicyclic amines) is 1. The summed E-state index contributed by atoms with van der Waals surface area (Å²) in [5.41, 5.74) is 3.81. The van der Waals surface area contributed by atoms with Gasteiger partial charge >= 0.3 is 28.4 Å². The minimum atomic E-state index is -4.81. The summed E-state index contributed by atoms with van der Waals surface area (Å²) >= 11 is 3.36. The van der Waals surface area contributed by atoms with Crippen LogP contribution in [0, 0.1) is 0 Å². The highest BCUT2D eigenvalue weighted by atomic mass is 79.9. The van der Waals surface area contributed by atoms with Crippen molar-refractivity contribution in [3.8, 4) is 11.5 Å². The zero-order valence-corrected chi connectivity index (χ0v) is 26.6. The maximum atomic E-state index is 13.3. The molecule has 3 aromatic rings. The number of hydrogen-bond acceptors (Lipinski definition) is 10. The van der Waals surface area contributed by atoms with E-state index in [0.717, 1.165) is 11.1 Å². The van der Waals surface area contributed by atoms with Gasteiger partial charge in [-0.15, -0.1) is 0 Å². The molecular weight excluding hydrogens is 706 g/mol. The summed E-state index contributed by atoms with van der Waals surface area (Å²) in [6.45, 7) is -0.852. The van der Waals surface area contributed by atoms with Gasteiger partial charge in [0, 0.05) is 0 Å². The van der Waals surface area contributed by atoms with Gasteiger partial charge in [0.15, 0.2) is 11.5 Å². The van der Waals surface area contributed by atoms with Crippen molar-refractivity contribution in [2.75, 3.05) is 19.6 Å². The van der Waals surface area contributed by atoms with Crippen molar-refractivity contribution >= 4 is 56.1 Å². The van der Waals surface area contributed by atoms with Gasteiger partial charge in [-0.05, 0) is 27.1 Å². The summed E-state index contributed by atoms with van der Waals surface area (Å²) in [7, 11) is -4.81. The Bertz CT molecular complexity index is 1810. The SMILES string of the molecule is O=C(O)NC1CN(C(=O)NS(=O)(=O)N2CCN(NC(=O)c3ncc(OCc4ccccc4)c(OCc4ccccc4)c3Br)C2=O)C1=O. The van der Waals surface area contributed by atoms with E-state index in [-0.39, 0.29) is 41.4 Å². The Kier molecular flexibility index (Phi) is 9.75. The number of pyridine rings is 1. The molecule has 2 aliphatic rings. The number of carbonyl (C=O) groups excluding carboxylic acids is 4. The van der Waals surface area contributed by atoms with E-state index >= 15 is 0 Å². The third-order valence-corrected chi connectivity index (χ3v) is 8.89. The quantitative estimate of drug-likeness (QED) is 0.209. The lowest BCUT2D eigenvalue weighted by molar-refractivity contribution is -0.138. The van der Waals surface area contributed by atoms with Gasteiger partial charge in [0.25, 0.3) is 11.8 Å². The molecule has 2 aromatic carbocycles. The fraction of sp³-hybridized carbons (Fsp3) is 0.214. The van der Waals surface area contributed by atoms with Crippen molar-refractivity contribution in [1.82, 2.24) is 34.7 Å². The van der Waals surface area contributed by atoms with E-state index in [1.54, 1.807) is 4.72 Å². The number of urea groups is 2. The molecule has 5 rings (SSSR count). The van der Waals surface area contributed by atoms with E-state index in [9.17, 15) is 32.4 Å². The second-order valence-corrected chi connectivity index (χ2v) is 12.4. The van der Waals surface area contributed by atoms with Crippen molar-refractivity contribution in [2.45, 2.75) is 19.3 Å². The highest BCUT2D eigenvalue weighted by molar-refractivity contribution is 9.10. The average Bonchev–Trinajstić information content (AvgIpc) is 3.41. The molecule has 2 fully saturated rings. The van der Waals surface area contributed by atoms with E-state index in [2.05, 4.69) is 26.3 Å². The van der Waals surface area contributed by atoms with E-state index in [1.807, 2.05) is 66.0 Å². The number of hydrazine groups is 1.